The highest BCUT2D eigenvalue weighted by atomic mass is 35.5. The molecule has 1 N–H and O–H groups in total. The number of hydrogen-bond acceptors (Lipinski definition) is 2. The van der Waals surface area contributed by atoms with E-state index < -0.39 is 0 Å². The molecule has 1 heterocycles. The van der Waals surface area contributed by atoms with Gasteiger partial charge in [0.25, 0.3) is 0 Å². The Kier molecular flexibility index (Phi) is 3.14. The second-order valence-electron chi connectivity index (χ2n) is 4.88. The normalized spacial score (nSPS) is 15.0. The zero-order valence-electron chi connectivity index (χ0n) is 10.4. The summed E-state index contributed by atoms with van der Waals surface area (Å²) in [5.41, 5.74) is 3.35. The molecule has 0 aliphatic heterocycles. The van der Waals surface area contributed by atoms with Crippen LogP contribution in [0.2, 0.25) is 5.02 Å². The van der Waals surface area contributed by atoms with E-state index in [1.54, 1.807) is 6.26 Å². The lowest BCUT2D eigenvalue weighted by Crippen LogP contribution is -2.15. The monoisotopic (exact) mass is 261 g/mol. The van der Waals surface area contributed by atoms with Gasteiger partial charge in [0.05, 0.1) is 12.8 Å². The van der Waals surface area contributed by atoms with Crippen LogP contribution in [0, 0.1) is 6.92 Å². The maximum absolute atomic E-state index is 6.17. The van der Waals surface area contributed by atoms with Crippen LogP contribution in [-0.4, -0.2) is 6.04 Å². The summed E-state index contributed by atoms with van der Waals surface area (Å²) in [6.07, 6.45) is 4.31. The molecule has 1 aliphatic carbocycles. The van der Waals surface area contributed by atoms with Gasteiger partial charge in [-0.3, -0.25) is 0 Å². The topological polar surface area (TPSA) is 25.2 Å². The second-order valence-corrected chi connectivity index (χ2v) is 5.28. The predicted molar refractivity (Wildman–Crippen MR) is 73.8 cm³/mol. The highest BCUT2D eigenvalue weighted by Gasteiger charge is 2.21. The van der Waals surface area contributed by atoms with Crippen LogP contribution < -0.4 is 5.32 Å². The molecule has 0 unspecified atom stereocenters. The van der Waals surface area contributed by atoms with Crippen LogP contribution in [0.1, 0.15) is 24.2 Å². The quantitative estimate of drug-likeness (QED) is 0.894. The minimum Gasteiger partial charge on any atom is -0.467 e. The highest BCUT2D eigenvalue weighted by molar-refractivity contribution is 6.31. The Morgan fingerprint density at radius 1 is 1.33 bits per heavy atom. The lowest BCUT2D eigenvalue weighted by molar-refractivity contribution is 0.483. The largest absolute Gasteiger partial charge is 0.467 e. The molecular weight excluding hydrogens is 246 g/mol. The molecule has 1 aromatic heterocycles. The first-order valence-electron chi connectivity index (χ1n) is 6.30. The molecule has 0 bridgehead atoms. The fourth-order valence-electron chi connectivity index (χ4n) is 2.02. The summed E-state index contributed by atoms with van der Waals surface area (Å²) in [6.45, 7) is 2.80. The molecule has 18 heavy (non-hydrogen) atoms. The van der Waals surface area contributed by atoms with E-state index in [0.717, 1.165) is 34.0 Å². The molecule has 2 aromatic rings. The molecule has 1 aliphatic rings. The van der Waals surface area contributed by atoms with Crippen molar-refractivity contribution >= 4 is 11.6 Å². The summed E-state index contributed by atoms with van der Waals surface area (Å²) in [4.78, 5) is 0. The molecule has 3 heteroatoms. The Labute approximate surface area is 112 Å². The van der Waals surface area contributed by atoms with E-state index in [9.17, 15) is 0 Å². The van der Waals surface area contributed by atoms with Crippen LogP contribution >= 0.6 is 11.6 Å². The number of aryl methyl sites for hydroxylation is 1. The second kappa shape index (κ2) is 4.79. The van der Waals surface area contributed by atoms with Gasteiger partial charge in [-0.1, -0.05) is 23.7 Å². The van der Waals surface area contributed by atoms with Crippen LogP contribution in [0.5, 0.6) is 0 Å². The van der Waals surface area contributed by atoms with Gasteiger partial charge in [0, 0.05) is 16.6 Å². The van der Waals surface area contributed by atoms with Gasteiger partial charge in [0.2, 0.25) is 0 Å². The van der Waals surface area contributed by atoms with Gasteiger partial charge < -0.3 is 9.73 Å². The number of furan rings is 1. The van der Waals surface area contributed by atoms with Crippen molar-refractivity contribution < 1.29 is 4.42 Å². The lowest BCUT2D eigenvalue weighted by atomic mass is 10.0. The zero-order valence-corrected chi connectivity index (χ0v) is 11.1. The van der Waals surface area contributed by atoms with E-state index in [2.05, 4.69) is 11.4 Å². The first-order valence-corrected chi connectivity index (χ1v) is 6.68. The Morgan fingerprint density at radius 3 is 2.89 bits per heavy atom. The van der Waals surface area contributed by atoms with Gasteiger partial charge in [-0.25, -0.2) is 0 Å². The van der Waals surface area contributed by atoms with Crippen molar-refractivity contribution in [2.75, 3.05) is 0 Å². The minimum absolute atomic E-state index is 0.685. The van der Waals surface area contributed by atoms with Crippen LogP contribution in [0.15, 0.2) is 34.9 Å². The molecule has 0 amide bonds. The molecule has 0 spiro atoms. The fourth-order valence-corrected chi connectivity index (χ4v) is 2.20. The number of rotatable bonds is 4. The summed E-state index contributed by atoms with van der Waals surface area (Å²) in [7, 11) is 0. The average molecular weight is 262 g/mol. The summed E-state index contributed by atoms with van der Waals surface area (Å²) < 4.78 is 5.56. The Hall–Kier alpha value is -1.25. The van der Waals surface area contributed by atoms with E-state index in [4.69, 9.17) is 16.0 Å². The summed E-state index contributed by atoms with van der Waals surface area (Å²) in [5, 5.41) is 4.27. The van der Waals surface area contributed by atoms with Crippen molar-refractivity contribution in [3.8, 4) is 11.1 Å². The van der Waals surface area contributed by atoms with Crippen LogP contribution in [0.25, 0.3) is 11.1 Å². The summed E-state index contributed by atoms with van der Waals surface area (Å²) in [5.74, 6) is 0.988. The number of nitrogens with one attached hydrogen (secondary N) is 1. The zero-order chi connectivity index (χ0) is 12.5. The van der Waals surface area contributed by atoms with Crippen LogP contribution in [-0.2, 0) is 6.54 Å². The van der Waals surface area contributed by atoms with Gasteiger partial charge in [-0.15, -0.1) is 0 Å². The third-order valence-corrected chi connectivity index (χ3v) is 3.76. The molecule has 94 valence electrons. The minimum atomic E-state index is 0.685. The SMILES string of the molecule is Cc1ccc(-c2ccoc2CNC2CC2)cc1Cl. The molecule has 0 atom stereocenters. The molecule has 1 aromatic carbocycles. The van der Waals surface area contributed by atoms with Crippen molar-refractivity contribution in [2.24, 2.45) is 0 Å². The maximum atomic E-state index is 6.17. The summed E-state index contributed by atoms with van der Waals surface area (Å²) >= 11 is 6.17. The number of halogens is 1. The predicted octanol–water partition coefficient (Wildman–Crippen LogP) is 4.16. The van der Waals surface area contributed by atoms with Crippen molar-refractivity contribution in [3.05, 3.63) is 46.9 Å². The first kappa shape index (κ1) is 11.8. The molecule has 2 nitrogen and oxygen atoms in total. The summed E-state index contributed by atoms with van der Waals surface area (Å²) in [6, 6.07) is 8.83. The molecular formula is C15H16ClNO. The Morgan fingerprint density at radius 2 is 2.17 bits per heavy atom. The van der Waals surface area contributed by atoms with Crippen LogP contribution in [0.3, 0.4) is 0 Å². The van der Waals surface area contributed by atoms with Crippen molar-refractivity contribution in [1.29, 1.82) is 0 Å². The number of benzene rings is 1. The van der Waals surface area contributed by atoms with Crippen LogP contribution in [0.4, 0.5) is 0 Å². The molecule has 1 saturated carbocycles. The molecule has 3 rings (SSSR count). The van der Waals surface area contributed by atoms with Gasteiger partial charge in [0.15, 0.2) is 0 Å². The first-order chi connectivity index (χ1) is 8.74. The van der Waals surface area contributed by atoms with E-state index >= 15 is 0 Å². The van der Waals surface area contributed by atoms with E-state index in [1.165, 1.54) is 12.8 Å². The lowest BCUT2D eigenvalue weighted by Gasteiger charge is -2.06. The van der Waals surface area contributed by atoms with Crippen molar-refractivity contribution in [1.82, 2.24) is 5.32 Å². The van der Waals surface area contributed by atoms with E-state index in [0.29, 0.717) is 6.04 Å². The van der Waals surface area contributed by atoms with Crippen molar-refractivity contribution in [2.45, 2.75) is 32.4 Å². The number of hydrogen-bond donors (Lipinski definition) is 1. The smallest absolute Gasteiger partial charge is 0.125 e. The van der Waals surface area contributed by atoms with E-state index in [1.807, 2.05) is 25.1 Å². The molecule has 0 saturated heterocycles. The van der Waals surface area contributed by atoms with Crippen molar-refractivity contribution in [3.63, 3.8) is 0 Å². The molecule has 1 fully saturated rings. The average Bonchev–Trinajstić information content (AvgIpc) is 3.08. The highest BCUT2D eigenvalue weighted by Crippen LogP contribution is 2.29. The third kappa shape index (κ3) is 2.45. The van der Waals surface area contributed by atoms with Gasteiger partial charge >= 0.3 is 0 Å². The Balaban J connectivity index is 1.85. The Bertz CT molecular complexity index is 557. The van der Waals surface area contributed by atoms with Gasteiger partial charge in [-0.05, 0) is 43.0 Å². The van der Waals surface area contributed by atoms with E-state index in [-0.39, 0.29) is 0 Å². The third-order valence-electron chi connectivity index (χ3n) is 3.36. The standard InChI is InChI=1S/C15H16ClNO/c1-10-2-3-11(8-14(10)16)13-6-7-18-15(13)9-17-12-4-5-12/h2-3,6-8,12,17H,4-5,9H2,1H3. The van der Waals surface area contributed by atoms with Gasteiger partial charge in [0.1, 0.15) is 5.76 Å². The fraction of sp³-hybridized carbons (Fsp3) is 0.333. The maximum Gasteiger partial charge on any atom is 0.125 e. The molecule has 0 radical (unpaired) electrons. The van der Waals surface area contributed by atoms with Gasteiger partial charge in [-0.2, -0.15) is 0 Å².